The Morgan fingerprint density at radius 3 is 2.20 bits per heavy atom. The molecule has 0 amide bonds. The van der Waals surface area contributed by atoms with E-state index >= 15 is 0 Å². The van der Waals surface area contributed by atoms with Gasteiger partial charge in [0, 0.05) is 5.56 Å². The molecule has 11 nitrogen and oxygen atoms in total. The largest absolute Gasteiger partial charge is 0.477 e. The topological polar surface area (TPSA) is 179 Å². The third-order valence-corrected chi connectivity index (χ3v) is 6.19. The summed E-state index contributed by atoms with van der Waals surface area (Å²) in [5.74, 6) is -1.41. The van der Waals surface area contributed by atoms with Crippen molar-refractivity contribution in [3.63, 3.8) is 0 Å². The average Bonchev–Trinajstić information content (AvgIpc) is 3.39. The van der Waals surface area contributed by atoms with Crippen LogP contribution in [0.5, 0.6) is 0 Å². The van der Waals surface area contributed by atoms with Gasteiger partial charge in [-0.3, -0.25) is 0 Å². The van der Waals surface area contributed by atoms with Crippen molar-refractivity contribution in [2.75, 3.05) is 5.73 Å². The SMILES string of the molecule is Nc1nnc(S(N)(=O)=O)s1.O=C(O)c1cnn2c(C(F)F)cc(-c3ccc(C(F)(F)F)cc3)nc12. The molecule has 0 spiro atoms. The first-order valence-corrected chi connectivity index (χ1v) is 11.2. The minimum absolute atomic E-state index is 0.0838. The zero-order chi connectivity index (χ0) is 26.1. The second-order valence-corrected chi connectivity index (χ2v) is 9.24. The van der Waals surface area contributed by atoms with E-state index in [2.05, 4.69) is 20.3 Å². The molecule has 4 rings (SSSR count). The third kappa shape index (κ3) is 5.84. The van der Waals surface area contributed by atoms with Gasteiger partial charge in [-0.05, 0) is 18.2 Å². The number of rotatable bonds is 4. The smallest absolute Gasteiger partial charge is 0.416 e. The number of sulfonamides is 1. The van der Waals surface area contributed by atoms with Crippen molar-refractivity contribution >= 4 is 38.1 Å². The van der Waals surface area contributed by atoms with Crippen LogP contribution in [0.1, 0.15) is 28.0 Å². The van der Waals surface area contributed by atoms with Crippen LogP contribution < -0.4 is 10.9 Å². The minimum atomic E-state index is -4.54. The van der Waals surface area contributed by atoms with E-state index in [1.807, 2.05) is 0 Å². The Hall–Kier alpha value is -3.77. The molecular formula is C17H12F5N7O4S2. The number of nitrogen functional groups attached to an aromatic ring is 1. The van der Waals surface area contributed by atoms with E-state index in [4.69, 9.17) is 16.0 Å². The lowest BCUT2D eigenvalue weighted by molar-refractivity contribution is -0.137. The molecule has 0 saturated heterocycles. The van der Waals surface area contributed by atoms with Gasteiger partial charge in [-0.2, -0.15) is 18.3 Å². The molecule has 0 aliphatic heterocycles. The van der Waals surface area contributed by atoms with Crippen LogP contribution in [0.25, 0.3) is 16.9 Å². The summed E-state index contributed by atoms with van der Waals surface area (Å²) in [7, 11) is -3.72. The first kappa shape index (κ1) is 25.8. The van der Waals surface area contributed by atoms with Crippen LogP contribution in [-0.4, -0.2) is 44.3 Å². The number of nitrogens with zero attached hydrogens (tertiary/aromatic N) is 5. The number of aromatic carboxylic acids is 1. The molecule has 1 aromatic carbocycles. The molecule has 0 atom stereocenters. The van der Waals surface area contributed by atoms with Crippen LogP contribution in [0, 0.1) is 0 Å². The molecular weight excluding hydrogens is 525 g/mol. The molecule has 5 N–H and O–H groups in total. The Morgan fingerprint density at radius 2 is 1.77 bits per heavy atom. The van der Waals surface area contributed by atoms with E-state index in [0.29, 0.717) is 4.52 Å². The molecule has 186 valence electrons. The van der Waals surface area contributed by atoms with Crippen molar-refractivity contribution in [1.29, 1.82) is 0 Å². The lowest BCUT2D eigenvalue weighted by atomic mass is 10.1. The quantitative estimate of drug-likeness (QED) is 0.330. The van der Waals surface area contributed by atoms with Crippen molar-refractivity contribution in [2.24, 2.45) is 5.14 Å². The molecule has 35 heavy (non-hydrogen) atoms. The van der Waals surface area contributed by atoms with E-state index in [1.165, 1.54) is 0 Å². The lowest BCUT2D eigenvalue weighted by Gasteiger charge is -2.10. The number of fused-ring (bicyclic) bond motifs is 1. The second kappa shape index (κ2) is 9.47. The van der Waals surface area contributed by atoms with E-state index in [1.54, 1.807) is 0 Å². The van der Waals surface area contributed by atoms with Crippen LogP contribution in [0.4, 0.5) is 27.1 Å². The normalized spacial score (nSPS) is 12.0. The van der Waals surface area contributed by atoms with Crippen molar-refractivity contribution in [2.45, 2.75) is 16.9 Å². The van der Waals surface area contributed by atoms with Gasteiger partial charge in [0.15, 0.2) is 5.65 Å². The number of primary sulfonamides is 1. The van der Waals surface area contributed by atoms with Gasteiger partial charge >= 0.3 is 12.1 Å². The van der Waals surface area contributed by atoms with E-state index in [9.17, 15) is 35.2 Å². The van der Waals surface area contributed by atoms with Crippen LogP contribution in [0.2, 0.25) is 0 Å². The summed E-state index contributed by atoms with van der Waals surface area (Å²) in [6, 6.07) is 4.69. The summed E-state index contributed by atoms with van der Waals surface area (Å²) in [6.07, 6.45) is -6.64. The molecule has 0 unspecified atom stereocenters. The maximum atomic E-state index is 13.2. The molecule has 0 saturated carbocycles. The van der Waals surface area contributed by atoms with Crippen molar-refractivity contribution in [3.8, 4) is 11.3 Å². The van der Waals surface area contributed by atoms with Crippen LogP contribution in [0.15, 0.2) is 40.9 Å². The lowest BCUT2D eigenvalue weighted by Crippen LogP contribution is -2.11. The van der Waals surface area contributed by atoms with Gasteiger partial charge in [-0.25, -0.2) is 36.6 Å². The number of benzene rings is 1. The fourth-order valence-corrected chi connectivity index (χ4v) is 3.82. The Morgan fingerprint density at radius 1 is 1.14 bits per heavy atom. The van der Waals surface area contributed by atoms with Crippen LogP contribution in [0.3, 0.4) is 0 Å². The predicted molar refractivity (Wildman–Crippen MR) is 111 cm³/mol. The highest BCUT2D eigenvalue weighted by Gasteiger charge is 2.30. The molecule has 0 aliphatic carbocycles. The number of nitrogens with two attached hydrogens (primary N) is 2. The number of carboxylic acids is 1. The second-order valence-electron chi connectivity index (χ2n) is 6.49. The molecule has 3 heterocycles. The number of carbonyl (C=O) groups is 1. The zero-order valence-corrected chi connectivity index (χ0v) is 18.4. The molecule has 3 aromatic heterocycles. The van der Waals surface area contributed by atoms with Crippen LogP contribution in [-0.2, 0) is 16.2 Å². The average molecular weight is 537 g/mol. The van der Waals surface area contributed by atoms with E-state index < -0.39 is 45.4 Å². The highest BCUT2D eigenvalue weighted by molar-refractivity contribution is 7.91. The monoisotopic (exact) mass is 537 g/mol. The fraction of sp³-hybridized carbons (Fsp3) is 0.118. The molecule has 0 radical (unpaired) electrons. The van der Waals surface area contributed by atoms with E-state index in [0.717, 1.165) is 47.9 Å². The van der Waals surface area contributed by atoms with Crippen molar-refractivity contribution < 1.29 is 40.3 Å². The van der Waals surface area contributed by atoms with Crippen molar-refractivity contribution in [1.82, 2.24) is 24.8 Å². The van der Waals surface area contributed by atoms with E-state index in [-0.39, 0.29) is 26.4 Å². The first-order chi connectivity index (χ1) is 16.2. The molecule has 0 fully saturated rings. The number of anilines is 1. The zero-order valence-electron chi connectivity index (χ0n) is 16.8. The third-order valence-electron chi connectivity index (χ3n) is 4.13. The number of aromatic nitrogens is 5. The van der Waals surface area contributed by atoms with Gasteiger partial charge in [0.25, 0.3) is 16.4 Å². The summed E-state index contributed by atoms with van der Waals surface area (Å²) >= 11 is 0.737. The summed E-state index contributed by atoms with van der Waals surface area (Å²) < 4.78 is 85.7. The predicted octanol–water partition coefficient (Wildman–Crippen LogP) is 2.82. The maximum Gasteiger partial charge on any atom is 0.416 e. The minimum Gasteiger partial charge on any atom is -0.477 e. The molecule has 0 bridgehead atoms. The number of carboxylic acid groups (broad SMARTS) is 1. The summed E-state index contributed by atoms with van der Waals surface area (Å²) in [4.78, 5) is 15.1. The van der Waals surface area contributed by atoms with Gasteiger partial charge in [0.1, 0.15) is 11.3 Å². The first-order valence-electron chi connectivity index (χ1n) is 8.88. The number of hydrogen-bond donors (Lipinski definition) is 3. The highest BCUT2D eigenvalue weighted by Crippen LogP contribution is 2.32. The van der Waals surface area contributed by atoms with Gasteiger partial charge < -0.3 is 10.8 Å². The summed E-state index contributed by atoms with van der Waals surface area (Å²) in [5, 5.41) is 23.9. The number of hydrogen-bond acceptors (Lipinski definition) is 9. The number of halogens is 5. The maximum absolute atomic E-state index is 13.2. The Balaban J connectivity index is 0.000000287. The molecule has 0 aliphatic rings. The van der Waals surface area contributed by atoms with Gasteiger partial charge in [0.05, 0.1) is 17.5 Å². The molecule has 18 heteroatoms. The Kier molecular flexibility index (Phi) is 6.99. The highest BCUT2D eigenvalue weighted by atomic mass is 32.2. The summed E-state index contributed by atoms with van der Waals surface area (Å²) in [5.41, 5.74) is 2.92. The fourth-order valence-electron chi connectivity index (χ4n) is 2.61. The standard InChI is InChI=1S/C15H8F5N3O2.C2H4N4O2S2/c16-12(17)11-5-10(7-1-3-8(4-2-7)15(18,19)20)22-13-9(14(24)25)6-21-23(11)13;3-1-5-6-2(9-1)10(4,7)8/h1-6,12H,(H,24,25);(H2,3,5)(H2,4,7,8). The summed E-state index contributed by atoms with van der Waals surface area (Å²) in [6.45, 7) is 0. The Labute approximate surface area is 195 Å². The molecule has 4 aromatic rings. The van der Waals surface area contributed by atoms with Crippen LogP contribution >= 0.6 is 11.3 Å². The number of alkyl halides is 5. The Bertz CT molecular complexity index is 1480. The van der Waals surface area contributed by atoms with Gasteiger partial charge in [-0.15, -0.1) is 10.2 Å². The van der Waals surface area contributed by atoms with Gasteiger partial charge in [0.2, 0.25) is 9.47 Å². The van der Waals surface area contributed by atoms with Crippen molar-refractivity contribution in [3.05, 3.63) is 53.3 Å². The van der Waals surface area contributed by atoms with Gasteiger partial charge in [-0.1, -0.05) is 23.5 Å².